The molecule has 0 bridgehead atoms. The first-order valence-electron chi connectivity index (χ1n) is 7.85. The molecule has 1 N–H and O–H groups in total. The number of carbonyl (C=O) groups is 2. The molecule has 0 aromatic heterocycles. The second-order valence-corrected chi connectivity index (χ2v) is 5.89. The van der Waals surface area contributed by atoms with Gasteiger partial charge in [-0.25, -0.2) is 0 Å². The standard InChI is InChI=1S/C19H20N2O2/c1-14(15-8-4-2-5-9-15)21-13-16(12-18(21)22)19(23)20-17-10-6-3-7-11-17/h2-11,14,16H,12-13H2,1H3,(H,20,23)/t14-,16+/m0/s1. The van der Waals surface area contributed by atoms with E-state index in [0.29, 0.717) is 6.54 Å². The van der Waals surface area contributed by atoms with Crippen LogP contribution in [0.5, 0.6) is 0 Å². The summed E-state index contributed by atoms with van der Waals surface area (Å²) in [6.07, 6.45) is 0.274. The summed E-state index contributed by atoms with van der Waals surface area (Å²) in [6.45, 7) is 2.47. The molecular formula is C19H20N2O2. The van der Waals surface area contributed by atoms with Gasteiger partial charge in [-0.05, 0) is 24.6 Å². The molecule has 3 rings (SSSR count). The molecule has 4 heteroatoms. The molecule has 2 aromatic carbocycles. The third-order valence-electron chi connectivity index (χ3n) is 4.32. The quantitative estimate of drug-likeness (QED) is 0.942. The lowest BCUT2D eigenvalue weighted by molar-refractivity contribution is -0.129. The minimum atomic E-state index is -0.297. The lowest BCUT2D eigenvalue weighted by atomic mass is 10.1. The molecule has 0 radical (unpaired) electrons. The molecule has 4 nitrogen and oxygen atoms in total. The van der Waals surface area contributed by atoms with Crippen LogP contribution in [0.15, 0.2) is 60.7 Å². The summed E-state index contributed by atoms with van der Waals surface area (Å²) in [7, 11) is 0. The fraction of sp³-hybridized carbons (Fsp3) is 0.263. The summed E-state index contributed by atoms with van der Waals surface area (Å²) in [6, 6.07) is 19.2. The molecule has 0 aliphatic carbocycles. The van der Waals surface area contributed by atoms with Gasteiger partial charge in [0.15, 0.2) is 0 Å². The van der Waals surface area contributed by atoms with Gasteiger partial charge in [-0.3, -0.25) is 9.59 Å². The van der Waals surface area contributed by atoms with Crippen LogP contribution in [0.25, 0.3) is 0 Å². The molecule has 2 amide bonds. The van der Waals surface area contributed by atoms with Gasteiger partial charge in [0.05, 0.1) is 12.0 Å². The Bertz CT molecular complexity index is 685. The van der Waals surface area contributed by atoms with Gasteiger partial charge >= 0.3 is 0 Å². The second kappa shape index (κ2) is 6.65. The normalized spacial score (nSPS) is 18.7. The van der Waals surface area contributed by atoms with Crippen molar-refractivity contribution in [2.24, 2.45) is 5.92 Å². The molecule has 1 aliphatic heterocycles. The number of amides is 2. The largest absolute Gasteiger partial charge is 0.335 e. The van der Waals surface area contributed by atoms with E-state index < -0.39 is 0 Å². The van der Waals surface area contributed by atoms with Crippen molar-refractivity contribution in [2.45, 2.75) is 19.4 Å². The predicted molar refractivity (Wildman–Crippen MR) is 89.7 cm³/mol. The van der Waals surface area contributed by atoms with Gasteiger partial charge in [0.2, 0.25) is 11.8 Å². The minimum Gasteiger partial charge on any atom is -0.335 e. The number of para-hydroxylation sites is 1. The maximum atomic E-state index is 12.4. The van der Waals surface area contributed by atoms with Gasteiger partial charge < -0.3 is 10.2 Å². The first-order valence-corrected chi connectivity index (χ1v) is 7.85. The van der Waals surface area contributed by atoms with Crippen LogP contribution in [-0.4, -0.2) is 23.3 Å². The van der Waals surface area contributed by atoms with Crippen LogP contribution in [0.2, 0.25) is 0 Å². The van der Waals surface area contributed by atoms with Gasteiger partial charge in [-0.15, -0.1) is 0 Å². The number of rotatable bonds is 4. The number of likely N-dealkylation sites (tertiary alicyclic amines) is 1. The topological polar surface area (TPSA) is 49.4 Å². The number of carbonyl (C=O) groups excluding carboxylic acids is 2. The van der Waals surface area contributed by atoms with Crippen molar-refractivity contribution in [1.29, 1.82) is 0 Å². The predicted octanol–water partition coefficient (Wildman–Crippen LogP) is 3.23. The van der Waals surface area contributed by atoms with Gasteiger partial charge in [0.1, 0.15) is 0 Å². The average Bonchev–Trinajstić information content (AvgIpc) is 2.98. The maximum absolute atomic E-state index is 12.4. The Morgan fingerprint density at radius 3 is 2.35 bits per heavy atom. The van der Waals surface area contributed by atoms with Crippen LogP contribution in [0.1, 0.15) is 24.9 Å². The Kier molecular flexibility index (Phi) is 4.42. The van der Waals surface area contributed by atoms with Crippen molar-refractivity contribution in [3.05, 3.63) is 66.2 Å². The van der Waals surface area contributed by atoms with Gasteiger partial charge in [0, 0.05) is 18.7 Å². The summed E-state index contributed by atoms with van der Waals surface area (Å²) in [5.74, 6) is -0.351. The van der Waals surface area contributed by atoms with Crippen molar-refractivity contribution >= 4 is 17.5 Å². The first-order chi connectivity index (χ1) is 11.1. The summed E-state index contributed by atoms with van der Waals surface area (Å²) in [5.41, 5.74) is 1.85. The van der Waals surface area contributed by atoms with Crippen LogP contribution < -0.4 is 5.32 Å². The lowest BCUT2D eigenvalue weighted by Gasteiger charge is -2.25. The summed E-state index contributed by atoms with van der Waals surface area (Å²) >= 11 is 0. The highest BCUT2D eigenvalue weighted by molar-refractivity contribution is 5.97. The van der Waals surface area contributed by atoms with E-state index in [9.17, 15) is 9.59 Å². The molecule has 118 valence electrons. The Labute approximate surface area is 136 Å². The highest BCUT2D eigenvalue weighted by atomic mass is 16.2. The van der Waals surface area contributed by atoms with E-state index in [1.807, 2.05) is 67.6 Å². The van der Waals surface area contributed by atoms with Crippen LogP contribution >= 0.6 is 0 Å². The third kappa shape index (κ3) is 3.42. The number of anilines is 1. The molecule has 2 aromatic rings. The SMILES string of the molecule is C[C@@H](c1ccccc1)N1C[C@H](C(=O)Nc2ccccc2)CC1=O. The van der Waals surface area contributed by atoms with Gasteiger partial charge in [-0.1, -0.05) is 48.5 Å². The maximum Gasteiger partial charge on any atom is 0.229 e. The molecule has 1 aliphatic rings. The molecule has 0 unspecified atom stereocenters. The fourth-order valence-corrected chi connectivity index (χ4v) is 2.96. The number of benzene rings is 2. The summed E-state index contributed by atoms with van der Waals surface area (Å²) in [4.78, 5) is 26.5. The first kappa shape index (κ1) is 15.3. The highest BCUT2D eigenvalue weighted by Gasteiger charge is 2.36. The molecule has 1 saturated heterocycles. The Morgan fingerprint density at radius 1 is 1.09 bits per heavy atom. The van der Waals surface area contributed by atoms with Crippen LogP contribution in [0.4, 0.5) is 5.69 Å². The number of nitrogens with one attached hydrogen (secondary N) is 1. The van der Waals surface area contributed by atoms with E-state index in [0.717, 1.165) is 11.3 Å². The van der Waals surface area contributed by atoms with Crippen LogP contribution in [0, 0.1) is 5.92 Å². The zero-order valence-corrected chi connectivity index (χ0v) is 13.1. The zero-order valence-electron chi connectivity index (χ0n) is 13.1. The van der Waals surface area contributed by atoms with Crippen molar-refractivity contribution in [2.75, 3.05) is 11.9 Å². The molecule has 1 heterocycles. The molecule has 0 spiro atoms. The smallest absolute Gasteiger partial charge is 0.229 e. The Hall–Kier alpha value is -2.62. The molecule has 1 fully saturated rings. The molecule has 0 saturated carbocycles. The van der Waals surface area contributed by atoms with Crippen LogP contribution in [0.3, 0.4) is 0 Å². The van der Waals surface area contributed by atoms with Crippen molar-refractivity contribution in [3.63, 3.8) is 0 Å². The monoisotopic (exact) mass is 308 g/mol. The van der Waals surface area contributed by atoms with Crippen molar-refractivity contribution in [1.82, 2.24) is 4.90 Å². The van der Waals surface area contributed by atoms with Crippen molar-refractivity contribution in [3.8, 4) is 0 Å². The summed E-state index contributed by atoms with van der Waals surface area (Å²) in [5, 5.41) is 2.89. The van der Waals surface area contributed by atoms with E-state index in [1.165, 1.54) is 0 Å². The number of nitrogens with zero attached hydrogens (tertiary/aromatic N) is 1. The lowest BCUT2D eigenvalue weighted by Crippen LogP contribution is -2.30. The van der Waals surface area contributed by atoms with E-state index in [1.54, 1.807) is 4.90 Å². The minimum absolute atomic E-state index is 0.0155. The molecule has 2 atom stereocenters. The molecule has 23 heavy (non-hydrogen) atoms. The van der Waals surface area contributed by atoms with Crippen molar-refractivity contribution < 1.29 is 9.59 Å². The van der Waals surface area contributed by atoms with Gasteiger partial charge in [0.25, 0.3) is 0 Å². The second-order valence-electron chi connectivity index (χ2n) is 5.89. The number of hydrogen-bond donors (Lipinski definition) is 1. The Morgan fingerprint density at radius 2 is 1.70 bits per heavy atom. The highest BCUT2D eigenvalue weighted by Crippen LogP contribution is 2.29. The van der Waals surface area contributed by atoms with Crippen LogP contribution in [-0.2, 0) is 9.59 Å². The zero-order chi connectivity index (χ0) is 16.2. The fourth-order valence-electron chi connectivity index (χ4n) is 2.96. The molecular weight excluding hydrogens is 288 g/mol. The number of hydrogen-bond acceptors (Lipinski definition) is 2. The summed E-state index contributed by atoms with van der Waals surface area (Å²) < 4.78 is 0. The van der Waals surface area contributed by atoms with E-state index in [2.05, 4.69) is 5.32 Å². The Balaban J connectivity index is 1.66. The van der Waals surface area contributed by atoms with E-state index >= 15 is 0 Å². The van der Waals surface area contributed by atoms with Gasteiger partial charge in [-0.2, -0.15) is 0 Å². The average molecular weight is 308 g/mol. The van der Waals surface area contributed by atoms with E-state index in [-0.39, 0.29) is 30.2 Å². The van der Waals surface area contributed by atoms with E-state index in [4.69, 9.17) is 0 Å². The third-order valence-corrected chi connectivity index (χ3v) is 4.32.